The van der Waals surface area contributed by atoms with Crippen LogP contribution in [0.25, 0.3) is 0 Å². The van der Waals surface area contributed by atoms with Gasteiger partial charge in [0, 0.05) is 7.05 Å². The molecule has 0 unspecified atom stereocenters. The lowest BCUT2D eigenvalue weighted by Gasteiger charge is -2.15. The first kappa shape index (κ1) is 15.6. The van der Waals surface area contributed by atoms with E-state index in [9.17, 15) is 22.8 Å². The van der Waals surface area contributed by atoms with Crippen LogP contribution in [-0.4, -0.2) is 53.2 Å². The number of aromatic nitrogens is 2. The largest absolute Gasteiger partial charge is 0.405 e. The average molecular weight is 317 g/mol. The van der Waals surface area contributed by atoms with Crippen LogP contribution in [0.5, 0.6) is 0 Å². The first-order valence-electron chi connectivity index (χ1n) is 4.77. The van der Waals surface area contributed by atoms with Crippen LogP contribution in [0.3, 0.4) is 0 Å². The van der Waals surface area contributed by atoms with Crippen LogP contribution in [-0.2, 0) is 4.79 Å². The summed E-state index contributed by atoms with van der Waals surface area (Å²) < 4.78 is 35.6. The van der Waals surface area contributed by atoms with Crippen LogP contribution in [0.4, 0.5) is 13.2 Å². The molecule has 0 aliphatic heterocycles. The van der Waals surface area contributed by atoms with E-state index in [1.165, 1.54) is 7.05 Å². The molecule has 0 aromatic carbocycles. The number of amides is 2. The normalized spacial score (nSPS) is 11.2. The standard InChI is InChI=1S/C8H8ClF3N4O2S/c1-16(2-4(17)13-3-8(10,11)12)6(18)5-14-15-7(9)19-5/h2-3H2,1H3,(H,13,17). The molecular formula is C8H8ClF3N4O2S. The van der Waals surface area contributed by atoms with Gasteiger partial charge in [-0.05, 0) is 11.6 Å². The lowest BCUT2D eigenvalue weighted by molar-refractivity contribution is -0.138. The molecule has 0 radical (unpaired) electrons. The third-order valence-electron chi connectivity index (χ3n) is 1.80. The Morgan fingerprint density at radius 3 is 2.53 bits per heavy atom. The molecule has 0 saturated carbocycles. The first-order chi connectivity index (χ1) is 8.69. The summed E-state index contributed by atoms with van der Waals surface area (Å²) in [4.78, 5) is 23.8. The molecule has 0 aliphatic carbocycles. The molecule has 1 aromatic rings. The number of hydrogen-bond acceptors (Lipinski definition) is 5. The molecule has 2 amide bonds. The topological polar surface area (TPSA) is 75.2 Å². The molecule has 0 atom stereocenters. The molecule has 0 fully saturated rings. The third kappa shape index (κ3) is 5.39. The molecule has 0 saturated heterocycles. The molecular weight excluding hydrogens is 309 g/mol. The fourth-order valence-corrected chi connectivity index (χ4v) is 1.82. The summed E-state index contributed by atoms with van der Waals surface area (Å²) >= 11 is 6.29. The highest BCUT2D eigenvalue weighted by molar-refractivity contribution is 7.17. The minimum Gasteiger partial charge on any atom is -0.345 e. The maximum absolute atomic E-state index is 11.9. The van der Waals surface area contributed by atoms with Gasteiger partial charge >= 0.3 is 6.18 Å². The zero-order valence-electron chi connectivity index (χ0n) is 9.49. The smallest absolute Gasteiger partial charge is 0.345 e. The minimum absolute atomic E-state index is 0.0453. The molecule has 1 heterocycles. The number of likely N-dealkylation sites (N-methyl/N-ethyl adjacent to an activating group) is 1. The van der Waals surface area contributed by atoms with Gasteiger partial charge in [-0.15, -0.1) is 10.2 Å². The number of carbonyl (C=O) groups is 2. The Labute approximate surface area is 114 Å². The van der Waals surface area contributed by atoms with Crippen molar-refractivity contribution in [2.75, 3.05) is 20.1 Å². The number of halogens is 4. The van der Waals surface area contributed by atoms with E-state index >= 15 is 0 Å². The summed E-state index contributed by atoms with van der Waals surface area (Å²) in [6, 6.07) is 0. The number of hydrogen-bond donors (Lipinski definition) is 1. The maximum atomic E-state index is 11.9. The number of carbonyl (C=O) groups excluding carboxylic acids is 2. The zero-order chi connectivity index (χ0) is 14.6. The number of rotatable bonds is 4. The van der Waals surface area contributed by atoms with Crippen LogP contribution in [0, 0.1) is 0 Å². The lowest BCUT2D eigenvalue weighted by atomic mass is 10.4. The molecule has 0 bridgehead atoms. The molecule has 0 aliphatic rings. The molecule has 0 spiro atoms. The fourth-order valence-electron chi connectivity index (χ4n) is 0.997. The van der Waals surface area contributed by atoms with Crippen LogP contribution < -0.4 is 5.32 Å². The van der Waals surface area contributed by atoms with Crippen molar-refractivity contribution < 1.29 is 22.8 Å². The fraction of sp³-hybridized carbons (Fsp3) is 0.500. The Balaban J connectivity index is 2.48. The zero-order valence-corrected chi connectivity index (χ0v) is 11.1. The highest BCUT2D eigenvalue weighted by Gasteiger charge is 2.28. The molecule has 106 valence electrons. The van der Waals surface area contributed by atoms with E-state index in [0.717, 1.165) is 16.2 Å². The van der Waals surface area contributed by atoms with E-state index in [1.54, 1.807) is 5.32 Å². The van der Waals surface area contributed by atoms with Crippen molar-refractivity contribution in [3.8, 4) is 0 Å². The van der Waals surface area contributed by atoms with Crippen molar-refractivity contribution in [1.29, 1.82) is 0 Å². The second kappa shape index (κ2) is 6.15. The van der Waals surface area contributed by atoms with Crippen molar-refractivity contribution in [3.63, 3.8) is 0 Å². The van der Waals surface area contributed by atoms with E-state index in [0.29, 0.717) is 0 Å². The molecule has 19 heavy (non-hydrogen) atoms. The van der Waals surface area contributed by atoms with Crippen molar-refractivity contribution in [1.82, 2.24) is 20.4 Å². The van der Waals surface area contributed by atoms with Gasteiger partial charge in [0.2, 0.25) is 15.4 Å². The van der Waals surface area contributed by atoms with E-state index in [-0.39, 0.29) is 9.47 Å². The Morgan fingerprint density at radius 2 is 2.05 bits per heavy atom. The third-order valence-corrected chi connectivity index (χ3v) is 2.80. The van der Waals surface area contributed by atoms with Gasteiger partial charge < -0.3 is 10.2 Å². The molecule has 1 aromatic heterocycles. The van der Waals surface area contributed by atoms with Crippen LogP contribution >= 0.6 is 22.9 Å². The number of nitrogens with zero attached hydrogens (tertiary/aromatic N) is 3. The van der Waals surface area contributed by atoms with Gasteiger partial charge in [0.15, 0.2) is 0 Å². The molecule has 1 rings (SSSR count). The maximum Gasteiger partial charge on any atom is 0.405 e. The minimum atomic E-state index is -4.50. The predicted octanol–water partition coefficient (Wildman–Crippen LogP) is 0.942. The van der Waals surface area contributed by atoms with E-state index in [1.807, 2.05) is 0 Å². The van der Waals surface area contributed by atoms with Gasteiger partial charge in [-0.1, -0.05) is 11.3 Å². The predicted molar refractivity (Wildman–Crippen MR) is 60.9 cm³/mol. The number of nitrogens with one attached hydrogen (secondary N) is 1. The van der Waals surface area contributed by atoms with Gasteiger partial charge in [-0.25, -0.2) is 0 Å². The molecule has 11 heteroatoms. The summed E-state index contributed by atoms with van der Waals surface area (Å²) in [5.41, 5.74) is 0. The summed E-state index contributed by atoms with van der Waals surface area (Å²) in [6.07, 6.45) is -4.50. The Hall–Kier alpha value is -1.42. The van der Waals surface area contributed by atoms with Gasteiger partial charge in [0.05, 0.1) is 6.54 Å². The van der Waals surface area contributed by atoms with Crippen molar-refractivity contribution in [2.24, 2.45) is 0 Å². The van der Waals surface area contributed by atoms with Crippen molar-refractivity contribution >= 4 is 34.8 Å². The summed E-state index contributed by atoms with van der Waals surface area (Å²) in [6.45, 7) is -1.97. The van der Waals surface area contributed by atoms with Crippen molar-refractivity contribution in [2.45, 2.75) is 6.18 Å². The van der Waals surface area contributed by atoms with E-state index in [4.69, 9.17) is 11.6 Å². The lowest BCUT2D eigenvalue weighted by Crippen LogP contribution is -2.41. The van der Waals surface area contributed by atoms with E-state index < -0.39 is 31.1 Å². The van der Waals surface area contributed by atoms with Crippen LogP contribution in [0.2, 0.25) is 4.47 Å². The first-order valence-corrected chi connectivity index (χ1v) is 5.96. The van der Waals surface area contributed by atoms with Gasteiger partial charge in [0.25, 0.3) is 5.91 Å². The summed E-state index contributed by atoms with van der Waals surface area (Å²) in [5, 5.41) is 8.47. The van der Waals surface area contributed by atoms with Crippen LogP contribution in [0.15, 0.2) is 0 Å². The SMILES string of the molecule is CN(CC(=O)NCC(F)(F)F)C(=O)c1nnc(Cl)s1. The Morgan fingerprint density at radius 1 is 1.42 bits per heavy atom. The second-order valence-electron chi connectivity index (χ2n) is 3.41. The Bertz CT molecular complexity index is 479. The number of alkyl halides is 3. The monoisotopic (exact) mass is 316 g/mol. The summed E-state index contributed by atoms with van der Waals surface area (Å²) in [7, 11) is 1.25. The average Bonchev–Trinajstić information content (AvgIpc) is 2.71. The molecule has 1 N–H and O–H groups in total. The van der Waals surface area contributed by atoms with Gasteiger partial charge in [-0.2, -0.15) is 13.2 Å². The van der Waals surface area contributed by atoms with Crippen LogP contribution in [0.1, 0.15) is 9.80 Å². The highest BCUT2D eigenvalue weighted by Crippen LogP contribution is 2.16. The van der Waals surface area contributed by atoms with Gasteiger partial charge in [0.1, 0.15) is 6.54 Å². The quantitative estimate of drug-likeness (QED) is 0.897. The Kier molecular flexibility index (Phi) is 5.06. The highest BCUT2D eigenvalue weighted by atomic mass is 35.5. The van der Waals surface area contributed by atoms with E-state index in [2.05, 4.69) is 10.2 Å². The van der Waals surface area contributed by atoms with Crippen molar-refractivity contribution in [3.05, 3.63) is 9.47 Å². The second-order valence-corrected chi connectivity index (χ2v) is 4.97. The molecule has 6 nitrogen and oxygen atoms in total. The summed E-state index contributed by atoms with van der Waals surface area (Å²) in [5.74, 6) is -1.57. The van der Waals surface area contributed by atoms with Gasteiger partial charge in [-0.3, -0.25) is 9.59 Å².